The third kappa shape index (κ3) is 4.78. The summed E-state index contributed by atoms with van der Waals surface area (Å²) in [4.78, 5) is 29.1. The Kier molecular flexibility index (Phi) is 7.05. The second kappa shape index (κ2) is 9.49. The van der Waals surface area contributed by atoms with Crippen LogP contribution in [-0.4, -0.2) is 71.5 Å². The van der Waals surface area contributed by atoms with E-state index >= 15 is 0 Å². The molecule has 1 amide bonds. The zero-order valence-electron chi connectivity index (χ0n) is 17.3. The summed E-state index contributed by atoms with van der Waals surface area (Å²) < 4.78 is 0. The van der Waals surface area contributed by atoms with Crippen molar-refractivity contribution < 1.29 is 4.79 Å². The molecule has 1 aromatic rings. The molecule has 1 aliphatic heterocycles. The number of piperazine rings is 1. The first kappa shape index (κ1) is 20.1. The molecule has 6 nitrogen and oxygen atoms in total. The maximum atomic E-state index is 13.0. The average molecular weight is 374 g/mol. The van der Waals surface area contributed by atoms with Crippen molar-refractivity contribution in [1.82, 2.24) is 19.8 Å². The normalized spacial score (nSPS) is 20.4. The Balaban J connectivity index is 1.57. The molecule has 1 unspecified atom stereocenters. The van der Waals surface area contributed by atoms with Gasteiger partial charge in [0.05, 0.1) is 0 Å². The Bertz CT molecular complexity index is 623. The quantitative estimate of drug-likeness (QED) is 0.734. The molecule has 1 saturated heterocycles. The lowest BCUT2D eigenvalue weighted by molar-refractivity contribution is -0.137. The zero-order valence-corrected chi connectivity index (χ0v) is 17.3. The highest BCUT2D eigenvalue weighted by Gasteiger charge is 2.31. The summed E-state index contributed by atoms with van der Waals surface area (Å²) in [6.45, 7) is 13.3. The van der Waals surface area contributed by atoms with Crippen molar-refractivity contribution in [3.63, 3.8) is 0 Å². The van der Waals surface area contributed by atoms with Crippen molar-refractivity contribution in [2.45, 2.75) is 52.9 Å². The molecule has 0 radical (unpaired) electrons. The van der Waals surface area contributed by atoms with Gasteiger partial charge in [-0.1, -0.05) is 13.3 Å². The van der Waals surface area contributed by atoms with Crippen LogP contribution in [0.2, 0.25) is 0 Å². The first-order valence-corrected chi connectivity index (χ1v) is 10.8. The first-order chi connectivity index (χ1) is 13.2. The highest BCUT2D eigenvalue weighted by molar-refractivity contribution is 5.79. The zero-order chi connectivity index (χ0) is 19.2. The molecular weight excluding hydrogens is 338 g/mol. The fraction of sp³-hybridized carbons (Fsp3) is 0.762. The number of fused-ring (bicyclic) bond motifs is 1. The van der Waals surface area contributed by atoms with Crippen LogP contribution in [0.3, 0.4) is 0 Å². The van der Waals surface area contributed by atoms with E-state index in [2.05, 4.69) is 40.5 Å². The third-order valence-electron chi connectivity index (χ3n) is 6.04. The van der Waals surface area contributed by atoms with E-state index in [0.29, 0.717) is 5.91 Å². The number of anilines is 1. The van der Waals surface area contributed by atoms with Crippen LogP contribution in [0.1, 0.15) is 51.3 Å². The van der Waals surface area contributed by atoms with Crippen LogP contribution < -0.4 is 4.90 Å². The van der Waals surface area contributed by atoms with E-state index in [-0.39, 0.29) is 5.92 Å². The lowest BCUT2D eigenvalue weighted by Gasteiger charge is -2.37. The van der Waals surface area contributed by atoms with Crippen LogP contribution in [0.15, 0.2) is 6.20 Å². The molecule has 27 heavy (non-hydrogen) atoms. The Morgan fingerprint density at radius 3 is 2.59 bits per heavy atom. The molecule has 1 aromatic heterocycles. The lowest BCUT2D eigenvalue weighted by Crippen LogP contribution is -2.51. The predicted molar refractivity (Wildman–Crippen MR) is 109 cm³/mol. The van der Waals surface area contributed by atoms with E-state index in [1.165, 1.54) is 19.4 Å². The minimum Gasteiger partial charge on any atom is -0.341 e. The van der Waals surface area contributed by atoms with Gasteiger partial charge in [-0.25, -0.2) is 9.97 Å². The molecule has 0 aromatic carbocycles. The van der Waals surface area contributed by atoms with Gasteiger partial charge >= 0.3 is 0 Å². The van der Waals surface area contributed by atoms with E-state index in [4.69, 9.17) is 4.98 Å². The van der Waals surface area contributed by atoms with Gasteiger partial charge in [0.2, 0.25) is 11.9 Å². The molecule has 1 fully saturated rings. The molecule has 3 rings (SSSR count). The molecule has 1 aliphatic carbocycles. The van der Waals surface area contributed by atoms with Crippen LogP contribution in [0.5, 0.6) is 0 Å². The number of aryl methyl sites for hydroxylation is 1. The first-order valence-electron chi connectivity index (χ1n) is 10.8. The van der Waals surface area contributed by atoms with E-state index < -0.39 is 0 Å². The van der Waals surface area contributed by atoms with Crippen LogP contribution >= 0.6 is 0 Å². The SMILES string of the molecule is CCCCN1CCN(C(=O)C2CCc3nc(N(CC)CC)ncc3C2)CC1. The van der Waals surface area contributed by atoms with Gasteiger partial charge in [0.25, 0.3) is 0 Å². The third-order valence-corrected chi connectivity index (χ3v) is 6.04. The van der Waals surface area contributed by atoms with Crippen molar-refractivity contribution >= 4 is 11.9 Å². The minimum absolute atomic E-state index is 0.0996. The molecule has 150 valence electrons. The minimum atomic E-state index is 0.0996. The Morgan fingerprint density at radius 2 is 1.93 bits per heavy atom. The molecule has 2 heterocycles. The van der Waals surface area contributed by atoms with Gasteiger partial charge in [0, 0.05) is 57.1 Å². The molecule has 0 N–H and O–H groups in total. The summed E-state index contributed by atoms with van der Waals surface area (Å²) in [5, 5.41) is 0. The molecule has 0 saturated carbocycles. The molecule has 1 atom stereocenters. The molecule has 2 aliphatic rings. The van der Waals surface area contributed by atoms with E-state index in [9.17, 15) is 4.79 Å². The maximum Gasteiger partial charge on any atom is 0.226 e. The van der Waals surface area contributed by atoms with Gasteiger partial charge in [-0.05, 0) is 51.6 Å². The van der Waals surface area contributed by atoms with Gasteiger partial charge in [-0.3, -0.25) is 9.69 Å². The number of hydrogen-bond acceptors (Lipinski definition) is 5. The number of amides is 1. The Morgan fingerprint density at radius 1 is 1.19 bits per heavy atom. The van der Waals surface area contributed by atoms with Crippen molar-refractivity contribution in [3.8, 4) is 0 Å². The van der Waals surface area contributed by atoms with Gasteiger partial charge < -0.3 is 9.80 Å². The van der Waals surface area contributed by atoms with E-state index in [0.717, 1.165) is 75.7 Å². The lowest BCUT2D eigenvalue weighted by atomic mass is 9.86. The van der Waals surface area contributed by atoms with Crippen LogP contribution in [-0.2, 0) is 17.6 Å². The summed E-state index contributed by atoms with van der Waals surface area (Å²) in [7, 11) is 0. The molecule has 6 heteroatoms. The summed E-state index contributed by atoms with van der Waals surface area (Å²) >= 11 is 0. The standard InChI is InChI=1S/C21H35N5O/c1-4-7-10-24-11-13-26(14-12-24)20(27)17-8-9-19-18(15-17)16-22-21(23-19)25(5-2)6-3/h16-17H,4-15H2,1-3H3. The van der Waals surface area contributed by atoms with E-state index in [1.807, 2.05) is 6.20 Å². The van der Waals surface area contributed by atoms with Crippen LogP contribution in [0.4, 0.5) is 5.95 Å². The van der Waals surface area contributed by atoms with Gasteiger partial charge in [-0.2, -0.15) is 0 Å². The number of rotatable bonds is 7. The summed E-state index contributed by atoms with van der Waals surface area (Å²) in [6.07, 6.45) is 7.04. The second-order valence-electron chi connectivity index (χ2n) is 7.77. The van der Waals surface area contributed by atoms with Gasteiger partial charge in [0.1, 0.15) is 0 Å². The number of carbonyl (C=O) groups is 1. The van der Waals surface area contributed by atoms with Crippen LogP contribution in [0.25, 0.3) is 0 Å². The van der Waals surface area contributed by atoms with Gasteiger partial charge in [-0.15, -0.1) is 0 Å². The Labute approximate surface area is 164 Å². The Hall–Kier alpha value is -1.69. The molecule has 0 spiro atoms. The topological polar surface area (TPSA) is 52.6 Å². The number of hydrogen-bond donors (Lipinski definition) is 0. The fourth-order valence-corrected chi connectivity index (χ4v) is 4.20. The van der Waals surface area contributed by atoms with Crippen molar-refractivity contribution in [3.05, 3.63) is 17.5 Å². The van der Waals surface area contributed by atoms with E-state index in [1.54, 1.807) is 0 Å². The van der Waals surface area contributed by atoms with Gasteiger partial charge in [0.15, 0.2) is 0 Å². The predicted octanol–water partition coefficient (Wildman–Crippen LogP) is 2.37. The summed E-state index contributed by atoms with van der Waals surface area (Å²) in [5.74, 6) is 1.26. The monoisotopic (exact) mass is 373 g/mol. The highest BCUT2D eigenvalue weighted by atomic mass is 16.2. The number of nitrogens with zero attached hydrogens (tertiary/aromatic N) is 5. The summed E-state index contributed by atoms with van der Waals surface area (Å²) in [5.41, 5.74) is 2.30. The van der Waals surface area contributed by atoms with Crippen LogP contribution in [0, 0.1) is 5.92 Å². The molecular formula is C21H35N5O. The fourth-order valence-electron chi connectivity index (χ4n) is 4.20. The van der Waals surface area contributed by atoms with Crippen molar-refractivity contribution in [2.24, 2.45) is 5.92 Å². The second-order valence-corrected chi connectivity index (χ2v) is 7.77. The molecule has 0 bridgehead atoms. The number of unbranched alkanes of at least 4 members (excludes halogenated alkanes) is 1. The number of carbonyl (C=O) groups excluding carboxylic acids is 1. The highest BCUT2D eigenvalue weighted by Crippen LogP contribution is 2.27. The van der Waals surface area contributed by atoms with Crippen molar-refractivity contribution in [1.29, 1.82) is 0 Å². The smallest absolute Gasteiger partial charge is 0.226 e. The number of aromatic nitrogens is 2. The average Bonchev–Trinajstić information content (AvgIpc) is 2.72. The summed E-state index contributed by atoms with van der Waals surface area (Å²) in [6, 6.07) is 0. The maximum absolute atomic E-state index is 13.0. The van der Waals surface area contributed by atoms with Crippen molar-refractivity contribution in [2.75, 3.05) is 50.7 Å². The largest absolute Gasteiger partial charge is 0.341 e.